The minimum absolute atomic E-state index is 0.0202. The SMILES string of the molecule is Cc1cccc(NS(=O)(=O)CCOCCN[C@H](C)c2ccc(C(=O)Nc3ccncc3)cc2)c1[N+](=O)[O-]. The summed E-state index contributed by atoms with van der Waals surface area (Å²) in [6, 6.07) is 15.1. The average molecular weight is 528 g/mol. The van der Waals surface area contributed by atoms with Crippen LogP contribution in [0, 0.1) is 17.0 Å². The predicted octanol–water partition coefficient (Wildman–Crippen LogP) is 3.66. The number of rotatable bonds is 13. The molecule has 0 radical (unpaired) electrons. The van der Waals surface area contributed by atoms with E-state index in [9.17, 15) is 23.3 Å². The molecular formula is C25H29N5O6S. The normalized spacial score (nSPS) is 12.1. The number of hydrogen-bond donors (Lipinski definition) is 3. The number of nitrogens with one attached hydrogen (secondary N) is 3. The maximum atomic E-state index is 12.4. The van der Waals surface area contributed by atoms with Gasteiger partial charge in [0, 0.05) is 41.8 Å². The standard InChI is InChI=1S/C25H29N5O6S/c1-18-4-3-5-23(24(18)30(32)33)29-37(34,35)17-16-36-15-14-27-19(2)20-6-8-21(9-7-20)25(31)28-22-10-12-26-13-11-22/h3-13,19,27,29H,14-17H2,1-2H3,(H,26,28,31)/t19-/m1/s1. The smallest absolute Gasteiger partial charge is 0.296 e. The van der Waals surface area contributed by atoms with Crippen LogP contribution in [0.3, 0.4) is 0 Å². The van der Waals surface area contributed by atoms with Crippen molar-refractivity contribution in [1.29, 1.82) is 0 Å². The molecule has 11 nitrogen and oxygen atoms in total. The van der Waals surface area contributed by atoms with Gasteiger partial charge in [-0.2, -0.15) is 0 Å². The molecule has 0 aliphatic rings. The van der Waals surface area contributed by atoms with E-state index >= 15 is 0 Å². The number of nitro benzene ring substituents is 1. The zero-order valence-electron chi connectivity index (χ0n) is 20.5. The van der Waals surface area contributed by atoms with Gasteiger partial charge in [-0.25, -0.2) is 8.42 Å². The first-order valence-electron chi connectivity index (χ1n) is 11.5. The number of ether oxygens (including phenoxy) is 1. The second-order valence-corrected chi connectivity index (χ2v) is 10.1. The number of sulfonamides is 1. The number of aromatic nitrogens is 1. The van der Waals surface area contributed by atoms with Crippen LogP contribution < -0.4 is 15.4 Å². The predicted molar refractivity (Wildman–Crippen MR) is 141 cm³/mol. The second kappa shape index (κ2) is 12.9. The van der Waals surface area contributed by atoms with Crippen molar-refractivity contribution in [3.05, 3.63) is 93.8 Å². The largest absolute Gasteiger partial charge is 0.379 e. The molecule has 37 heavy (non-hydrogen) atoms. The van der Waals surface area contributed by atoms with Gasteiger partial charge >= 0.3 is 0 Å². The highest BCUT2D eigenvalue weighted by Gasteiger charge is 2.21. The number of carbonyl (C=O) groups is 1. The van der Waals surface area contributed by atoms with E-state index in [4.69, 9.17) is 4.74 Å². The summed E-state index contributed by atoms with van der Waals surface area (Å²) in [4.78, 5) is 26.9. The summed E-state index contributed by atoms with van der Waals surface area (Å²) in [6.07, 6.45) is 3.20. The zero-order valence-corrected chi connectivity index (χ0v) is 21.3. The molecule has 3 N–H and O–H groups in total. The van der Waals surface area contributed by atoms with E-state index in [2.05, 4.69) is 20.3 Å². The number of nitrogens with zero attached hydrogens (tertiary/aromatic N) is 2. The number of amides is 1. The molecular weight excluding hydrogens is 498 g/mol. The first kappa shape index (κ1) is 27.7. The van der Waals surface area contributed by atoms with Gasteiger partial charge in [0.25, 0.3) is 11.6 Å². The van der Waals surface area contributed by atoms with Gasteiger partial charge in [-0.1, -0.05) is 24.3 Å². The van der Waals surface area contributed by atoms with Gasteiger partial charge in [-0.15, -0.1) is 0 Å². The monoisotopic (exact) mass is 527 g/mol. The first-order chi connectivity index (χ1) is 17.7. The molecule has 0 aliphatic heterocycles. The summed E-state index contributed by atoms with van der Waals surface area (Å²) in [5.74, 6) is -0.551. The number of benzene rings is 2. The Labute approximate surface area is 215 Å². The van der Waals surface area contributed by atoms with Gasteiger partial charge in [0.15, 0.2) is 0 Å². The molecule has 3 rings (SSSR count). The molecule has 0 aliphatic carbocycles. The summed E-state index contributed by atoms with van der Waals surface area (Å²) in [6.45, 7) is 4.20. The fourth-order valence-corrected chi connectivity index (χ4v) is 4.44. The van der Waals surface area contributed by atoms with Crippen molar-refractivity contribution in [1.82, 2.24) is 10.3 Å². The third-order valence-corrected chi connectivity index (χ3v) is 6.73. The Hall–Kier alpha value is -3.87. The van der Waals surface area contributed by atoms with Crippen molar-refractivity contribution in [2.45, 2.75) is 19.9 Å². The van der Waals surface area contributed by atoms with Gasteiger partial charge in [0.2, 0.25) is 10.0 Å². The van der Waals surface area contributed by atoms with Crippen LogP contribution in [-0.4, -0.2) is 49.7 Å². The van der Waals surface area contributed by atoms with Gasteiger partial charge in [-0.3, -0.25) is 24.6 Å². The Morgan fingerprint density at radius 3 is 2.46 bits per heavy atom. The summed E-state index contributed by atoms with van der Waals surface area (Å²) in [5.41, 5.74) is 2.20. The Kier molecular flexibility index (Phi) is 9.66. The molecule has 0 bridgehead atoms. The van der Waals surface area contributed by atoms with E-state index in [1.165, 1.54) is 6.07 Å². The van der Waals surface area contributed by atoms with Crippen LogP contribution in [0.15, 0.2) is 67.0 Å². The number of carbonyl (C=O) groups excluding carboxylic acids is 1. The highest BCUT2D eigenvalue weighted by Crippen LogP contribution is 2.28. The van der Waals surface area contributed by atoms with E-state index < -0.39 is 14.9 Å². The molecule has 0 fully saturated rings. The molecule has 1 atom stereocenters. The van der Waals surface area contributed by atoms with Crippen LogP contribution in [0.5, 0.6) is 0 Å². The van der Waals surface area contributed by atoms with Crippen molar-refractivity contribution in [2.75, 3.05) is 35.6 Å². The van der Waals surface area contributed by atoms with E-state index in [1.807, 2.05) is 19.1 Å². The summed E-state index contributed by atoms with van der Waals surface area (Å²) < 4.78 is 32.4. The van der Waals surface area contributed by atoms with Crippen LogP contribution in [0.4, 0.5) is 17.1 Å². The molecule has 1 aromatic heterocycles. The van der Waals surface area contributed by atoms with E-state index in [1.54, 1.807) is 55.7 Å². The minimum atomic E-state index is -3.82. The molecule has 1 amide bonds. The fraction of sp³-hybridized carbons (Fsp3) is 0.280. The number of hydrogen-bond acceptors (Lipinski definition) is 8. The Morgan fingerprint density at radius 2 is 1.78 bits per heavy atom. The van der Waals surface area contributed by atoms with Crippen LogP contribution in [0.1, 0.15) is 34.5 Å². The topological polar surface area (TPSA) is 153 Å². The van der Waals surface area contributed by atoms with Crippen LogP contribution in [0.2, 0.25) is 0 Å². The Bertz CT molecular complexity index is 1320. The van der Waals surface area contributed by atoms with E-state index in [0.29, 0.717) is 23.4 Å². The lowest BCUT2D eigenvalue weighted by Gasteiger charge is -2.15. The summed E-state index contributed by atoms with van der Waals surface area (Å²) in [5, 5.41) is 17.3. The molecule has 0 unspecified atom stereocenters. The molecule has 0 saturated carbocycles. The molecule has 12 heteroatoms. The molecule has 196 valence electrons. The van der Waals surface area contributed by atoms with Gasteiger partial charge in [0.1, 0.15) is 5.69 Å². The molecule has 3 aromatic rings. The van der Waals surface area contributed by atoms with Gasteiger partial charge in [-0.05, 0) is 49.7 Å². The highest BCUT2D eigenvalue weighted by atomic mass is 32.2. The van der Waals surface area contributed by atoms with Crippen molar-refractivity contribution >= 4 is 33.0 Å². The third-order valence-electron chi connectivity index (χ3n) is 5.49. The Balaban J connectivity index is 1.39. The van der Waals surface area contributed by atoms with Crippen molar-refractivity contribution in [3.63, 3.8) is 0 Å². The maximum absolute atomic E-state index is 12.4. The first-order valence-corrected chi connectivity index (χ1v) is 13.2. The van der Waals surface area contributed by atoms with Gasteiger partial charge in [0.05, 0.1) is 23.9 Å². The quantitative estimate of drug-likeness (QED) is 0.173. The maximum Gasteiger partial charge on any atom is 0.296 e. The lowest BCUT2D eigenvalue weighted by Crippen LogP contribution is -2.25. The average Bonchev–Trinajstić information content (AvgIpc) is 2.86. The molecule has 1 heterocycles. The van der Waals surface area contributed by atoms with Crippen molar-refractivity contribution < 1.29 is 22.9 Å². The highest BCUT2D eigenvalue weighted by molar-refractivity contribution is 7.92. The van der Waals surface area contributed by atoms with Crippen molar-refractivity contribution in [3.8, 4) is 0 Å². The minimum Gasteiger partial charge on any atom is -0.379 e. The number of para-hydroxylation sites is 1. The lowest BCUT2D eigenvalue weighted by atomic mass is 10.1. The van der Waals surface area contributed by atoms with E-state index in [-0.39, 0.29) is 42.3 Å². The Morgan fingerprint density at radius 1 is 1.08 bits per heavy atom. The van der Waals surface area contributed by atoms with Crippen LogP contribution in [-0.2, 0) is 14.8 Å². The second-order valence-electron chi connectivity index (χ2n) is 8.25. The lowest BCUT2D eigenvalue weighted by molar-refractivity contribution is -0.384. The van der Waals surface area contributed by atoms with E-state index in [0.717, 1.165) is 5.56 Å². The van der Waals surface area contributed by atoms with Crippen LogP contribution in [0.25, 0.3) is 0 Å². The molecule has 0 spiro atoms. The summed E-state index contributed by atoms with van der Waals surface area (Å²) >= 11 is 0. The number of aryl methyl sites for hydroxylation is 1. The third kappa shape index (κ3) is 8.34. The number of nitro groups is 1. The molecule has 0 saturated heterocycles. The fourth-order valence-electron chi connectivity index (χ4n) is 3.50. The van der Waals surface area contributed by atoms with Crippen molar-refractivity contribution in [2.24, 2.45) is 0 Å². The van der Waals surface area contributed by atoms with Gasteiger partial charge < -0.3 is 15.4 Å². The summed E-state index contributed by atoms with van der Waals surface area (Å²) in [7, 11) is -3.82. The number of pyridine rings is 1. The van der Waals surface area contributed by atoms with Crippen LogP contribution >= 0.6 is 0 Å². The number of anilines is 2. The molecule has 2 aromatic carbocycles. The zero-order chi connectivity index (χ0) is 26.8.